The summed E-state index contributed by atoms with van der Waals surface area (Å²) in [4.78, 5) is 10.0. The second kappa shape index (κ2) is 9.92. The van der Waals surface area contributed by atoms with Gasteiger partial charge in [0.1, 0.15) is 0 Å². The van der Waals surface area contributed by atoms with Crippen LogP contribution < -0.4 is 5.46 Å². The van der Waals surface area contributed by atoms with Crippen LogP contribution in [0.2, 0.25) is 0 Å². The van der Waals surface area contributed by atoms with Crippen molar-refractivity contribution in [3.05, 3.63) is 115 Å². The van der Waals surface area contributed by atoms with Crippen molar-refractivity contribution in [2.75, 3.05) is 0 Å². The SMILES string of the molecule is CC1(C)OB(c2cccc(-c3cc(-c4cccc(-c5ccccc5)c4)nc(-c4ccccc4)n3)c2)OC1(C)C. The van der Waals surface area contributed by atoms with Gasteiger partial charge in [0.2, 0.25) is 0 Å². The molecule has 6 rings (SSSR count). The van der Waals surface area contributed by atoms with Gasteiger partial charge in [0.05, 0.1) is 22.6 Å². The van der Waals surface area contributed by atoms with E-state index in [0.29, 0.717) is 5.82 Å². The summed E-state index contributed by atoms with van der Waals surface area (Å²) in [7, 11) is -0.438. The van der Waals surface area contributed by atoms with Crippen molar-refractivity contribution in [2.45, 2.75) is 38.9 Å². The maximum absolute atomic E-state index is 6.33. The first kappa shape index (κ1) is 25.2. The predicted molar refractivity (Wildman–Crippen MR) is 159 cm³/mol. The third-order valence-corrected chi connectivity index (χ3v) is 7.73. The van der Waals surface area contributed by atoms with E-state index >= 15 is 0 Å². The Kier molecular flexibility index (Phi) is 6.42. The Morgan fingerprint density at radius 3 is 1.59 bits per heavy atom. The van der Waals surface area contributed by atoms with Gasteiger partial charge in [0.25, 0.3) is 0 Å². The fourth-order valence-corrected chi connectivity index (χ4v) is 4.77. The molecule has 39 heavy (non-hydrogen) atoms. The molecular weight excluding hydrogens is 479 g/mol. The molecule has 2 heterocycles. The number of nitrogens with zero attached hydrogens (tertiary/aromatic N) is 2. The molecule has 0 bridgehead atoms. The highest BCUT2D eigenvalue weighted by Crippen LogP contribution is 2.37. The first-order valence-electron chi connectivity index (χ1n) is 13.4. The van der Waals surface area contributed by atoms with Crippen LogP contribution in [0.15, 0.2) is 115 Å². The van der Waals surface area contributed by atoms with Gasteiger partial charge in [-0.3, -0.25) is 0 Å². The normalized spacial score (nSPS) is 15.8. The van der Waals surface area contributed by atoms with E-state index in [4.69, 9.17) is 19.3 Å². The molecule has 4 aromatic carbocycles. The van der Waals surface area contributed by atoms with Gasteiger partial charge in [-0.1, -0.05) is 103 Å². The lowest BCUT2D eigenvalue weighted by Gasteiger charge is -2.32. The summed E-state index contributed by atoms with van der Waals surface area (Å²) in [5.74, 6) is 0.689. The Labute approximate surface area is 230 Å². The molecule has 5 aromatic rings. The van der Waals surface area contributed by atoms with Gasteiger partial charge in [0, 0.05) is 11.1 Å². The minimum absolute atomic E-state index is 0.403. The first-order valence-corrected chi connectivity index (χ1v) is 13.4. The molecule has 0 spiro atoms. The van der Waals surface area contributed by atoms with Gasteiger partial charge in [-0.2, -0.15) is 0 Å². The average molecular weight is 510 g/mol. The summed E-state index contributed by atoms with van der Waals surface area (Å²) < 4.78 is 12.7. The smallest absolute Gasteiger partial charge is 0.399 e. The van der Waals surface area contributed by atoms with E-state index in [0.717, 1.165) is 39.1 Å². The van der Waals surface area contributed by atoms with Gasteiger partial charge in [0.15, 0.2) is 5.82 Å². The largest absolute Gasteiger partial charge is 0.494 e. The maximum Gasteiger partial charge on any atom is 0.494 e. The molecule has 0 radical (unpaired) electrons. The standard InChI is InChI=1S/C34H31BN2O2/c1-33(2)34(3,4)39-35(38-33)29-20-12-19-28(22-29)31-23-30(36-32(37-31)25-15-9-6-10-16-25)27-18-11-17-26(21-27)24-13-7-5-8-14-24/h5-23H,1-4H3. The van der Waals surface area contributed by atoms with Crippen molar-refractivity contribution >= 4 is 12.6 Å². The fraction of sp³-hybridized carbons (Fsp3) is 0.176. The lowest BCUT2D eigenvalue weighted by molar-refractivity contribution is 0.00578. The molecule has 1 aliphatic rings. The predicted octanol–water partition coefficient (Wildman–Crippen LogP) is 7.44. The van der Waals surface area contributed by atoms with E-state index in [1.807, 2.05) is 42.5 Å². The monoisotopic (exact) mass is 510 g/mol. The third kappa shape index (κ3) is 5.03. The van der Waals surface area contributed by atoms with E-state index in [-0.39, 0.29) is 0 Å². The van der Waals surface area contributed by atoms with Crippen molar-refractivity contribution in [3.63, 3.8) is 0 Å². The number of benzene rings is 4. The molecule has 0 unspecified atom stereocenters. The maximum atomic E-state index is 6.33. The van der Waals surface area contributed by atoms with Crippen molar-refractivity contribution < 1.29 is 9.31 Å². The minimum Gasteiger partial charge on any atom is -0.399 e. The van der Waals surface area contributed by atoms with Crippen LogP contribution in [0.4, 0.5) is 0 Å². The highest BCUT2D eigenvalue weighted by molar-refractivity contribution is 6.62. The van der Waals surface area contributed by atoms with E-state index in [9.17, 15) is 0 Å². The summed E-state index contributed by atoms with van der Waals surface area (Å²) in [6.07, 6.45) is 0. The third-order valence-electron chi connectivity index (χ3n) is 7.73. The summed E-state index contributed by atoms with van der Waals surface area (Å²) in [5, 5.41) is 0. The molecule has 4 nitrogen and oxygen atoms in total. The molecule has 1 saturated heterocycles. The Morgan fingerprint density at radius 1 is 0.487 bits per heavy atom. The molecule has 0 amide bonds. The minimum atomic E-state index is -0.438. The van der Waals surface area contributed by atoms with Gasteiger partial charge < -0.3 is 9.31 Å². The highest BCUT2D eigenvalue weighted by atomic mass is 16.7. The summed E-state index contributed by atoms with van der Waals surface area (Å²) >= 11 is 0. The van der Waals surface area contributed by atoms with Crippen LogP contribution in [0.1, 0.15) is 27.7 Å². The van der Waals surface area contributed by atoms with E-state index in [2.05, 4.69) is 100 Å². The molecule has 0 aliphatic carbocycles. The Hall–Kier alpha value is -4.06. The van der Waals surface area contributed by atoms with E-state index in [1.165, 1.54) is 5.56 Å². The van der Waals surface area contributed by atoms with Crippen LogP contribution in [0.25, 0.3) is 45.0 Å². The Bertz CT molecular complexity index is 1600. The zero-order valence-electron chi connectivity index (χ0n) is 22.8. The second-order valence-electron chi connectivity index (χ2n) is 11.0. The molecule has 1 aromatic heterocycles. The Balaban J connectivity index is 1.44. The van der Waals surface area contributed by atoms with Crippen LogP contribution in [0.3, 0.4) is 0 Å². The summed E-state index contributed by atoms with van der Waals surface area (Å²) in [6.45, 7) is 8.29. The molecule has 1 fully saturated rings. The van der Waals surface area contributed by atoms with Crippen LogP contribution in [0, 0.1) is 0 Å². The number of aromatic nitrogens is 2. The van der Waals surface area contributed by atoms with Gasteiger partial charge in [-0.05, 0) is 62.0 Å². The van der Waals surface area contributed by atoms with Crippen LogP contribution in [-0.4, -0.2) is 28.3 Å². The topological polar surface area (TPSA) is 44.2 Å². The van der Waals surface area contributed by atoms with E-state index < -0.39 is 18.3 Å². The molecule has 5 heteroatoms. The molecule has 192 valence electrons. The quantitative estimate of drug-likeness (QED) is 0.231. The number of hydrogen-bond donors (Lipinski definition) is 0. The van der Waals surface area contributed by atoms with E-state index in [1.54, 1.807) is 0 Å². The van der Waals surface area contributed by atoms with Crippen molar-refractivity contribution in [3.8, 4) is 45.0 Å². The second-order valence-corrected chi connectivity index (χ2v) is 11.0. The van der Waals surface area contributed by atoms with Gasteiger partial charge in [-0.25, -0.2) is 9.97 Å². The van der Waals surface area contributed by atoms with Crippen molar-refractivity contribution in [1.82, 2.24) is 9.97 Å². The first-order chi connectivity index (χ1) is 18.8. The Morgan fingerprint density at radius 2 is 0.974 bits per heavy atom. The summed E-state index contributed by atoms with van der Waals surface area (Å²) in [6, 6.07) is 39.4. The lowest BCUT2D eigenvalue weighted by atomic mass is 9.78. The van der Waals surface area contributed by atoms with Crippen LogP contribution in [-0.2, 0) is 9.31 Å². The zero-order chi connectivity index (χ0) is 27.0. The molecular formula is C34H31BN2O2. The summed E-state index contributed by atoms with van der Waals surface area (Å²) in [5.41, 5.74) is 7.21. The van der Waals surface area contributed by atoms with Crippen molar-refractivity contribution in [1.29, 1.82) is 0 Å². The number of rotatable bonds is 5. The molecule has 1 aliphatic heterocycles. The fourth-order valence-electron chi connectivity index (χ4n) is 4.77. The van der Waals surface area contributed by atoms with Gasteiger partial charge >= 0.3 is 7.12 Å². The number of hydrogen-bond acceptors (Lipinski definition) is 4. The van der Waals surface area contributed by atoms with Crippen LogP contribution >= 0.6 is 0 Å². The highest BCUT2D eigenvalue weighted by Gasteiger charge is 2.51. The average Bonchev–Trinajstić information content (AvgIpc) is 3.20. The molecule has 0 atom stereocenters. The zero-order valence-corrected chi connectivity index (χ0v) is 22.8. The van der Waals surface area contributed by atoms with Crippen molar-refractivity contribution in [2.24, 2.45) is 0 Å². The van der Waals surface area contributed by atoms with Gasteiger partial charge in [-0.15, -0.1) is 0 Å². The van der Waals surface area contributed by atoms with Crippen LogP contribution in [0.5, 0.6) is 0 Å². The molecule has 0 saturated carbocycles. The lowest BCUT2D eigenvalue weighted by Crippen LogP contribution is -2.41. The molecule has 0 N–H and O–H groups in total.